The van der Waals surface area contributed by atoms with E-state index in [1.54, 1.807) is 51.7 Å². The number of hydrogen-bond acceptors (Lipinski definition) is 11. The number of carbonyl (C=O) groups is 4. The minimum atomic E-state index is -1.09. The second kappa shape index (κ2) is 16.9. The average Bonchev–Trinajstić information content (AvgIpc) is 3.81. The molecule has 1 saturated heterocycles. The third-order valence-electron chi connectivity index (χ3n) is 8.20. The molecule has 5 rings (SSSR count). The standard InChI is InChI=1S/C39H43FN2O9S/c1-6-47-36(44)31-27(23-49-26-17-15-25(40)16-18-26)41-34(28-14-11-21-42(28)38(46)51-39(3,4)5)33(37(45)48-7-2)32(31)29-19-20-30(52-29)35(43)50-22-24-12-9-8-10-13-24/h8-10,12-13,15-20,28,32,41H,6-7,11,14,21-23H2,1-5H3. The number of nitrogens with zero attached hydrogens (tertiary/aromatic N) is 1. The van der Waals surface area contributed by atoms with Crippen molar-refractivity contribution in [3.8, 4) is 5.75 Å². The van der Waals surface area contributed by atoms with Crippen molar-refractivity contribution in [1.82, 2.24) is 10.2 Å². The number of dihydropyridines is 1. The fraction of sp³-hybridized carbons (Fsp3) is 0.385. The molecule has 1 fully saturated rings. The number of ether oxygens (including phenoxy) is 5. The third kappa shape index (κ3) is 9.19. The molecule has 2 aliphatic rings. The van der Waals surface area contributed by atoms with E-state index >= 15 is 0 Å². The molecule has 52 heavy (non-hydrogen) atoms. The number of halogens is 1. The van der Waals surface area contributed by atoms with Crippen molar-refractivity contribution in [2.24, 2.45) is 0 Å². The first-order valence-corrected chi connectivity index (χ1v) is 18.0. The van der Waals surface area contributed by atoms with Gasteiger partial charge in [-0.1, -0.05) is 30.3 Å². The maximum Gasteiger partial charge on any atom is 0.410 e. The summed E-state index contributed by atoms with van der Waals surface area (Å²) in [5.41, 5.74) is 0.768. The molecule has 1 amide bonds. The van der Waals surface area contributed by atoms with Gasteiger partial charge < -0.3 is 29.0 Å². The number of nitrogens with one attached hydrogen (secondary N) is 1. The Bertz CT molecular complexity index is 1830. The van der Waals surface area contributed by atoms with Crippen LogP contribution in [-0.4, -0.2) is 66.9 Å². The lowest BCUT2D eigenvalue weighted by molar-refractivity contribution is -0.139. The van der Waals surface area contributed by atoms with Gasteiger partial charge >= 0.3 is 24.0 Å². The largest absolute Gasteiger partial charge is 0.487 e. The number of rotatable bonds is 12. The second-order valence-electron chi connectivity index (χ2n) is 13.1. The van der Waals surface area contributed by atoms with Gasteiger partial charge in [-0.3, -0.25) is 4.90 Å². The van der Waals surface area contributed by atoms with E-state index in [-0.39, 0.29) is 48.1 Å². The summed E-state index contributed by atoms with van der Waals surface area (Å²) in [6.07, 6.45) is 0.523. The Morgan fingerprint density at radius 2 is 1.52 bits per heavy atom. The van der Waals surface area contributed by atoms with Gasteiger partial charge in [0.15, 0.2) is 0 Å². The summed E-state index contributed by atoms with van der Waals surface area (Å²) in [4.78, 5) is 57.1. The highest BCUT2D eigenvalue weighted by Gasteiger charge is 2.46. The van der Waals surface area contributed by atoms with Crippen LogP contribution < -0.4 is 10.1 Å². The van der Waals surface area contributed by atoms with E-state index in [0.29, 0.717) is 35.7 Å². The number of thiophene rings is 1. The van der Waals surface area contributed by atoms with E-state index in [1.165, 1.54) is 24.3 Å². The Labute approximate surface area is 306 Å². The summed E-state index contributed by atoms with van der Waals surface area (Å²) in [6.45, 7) is 8.90. The molecule has 0 spiro atoms. The minimum Gasteiger partial charge on any atom is -0.487 e. The summed E-state index contributed by atoms with van der Waals surface area (Å²) in [5, 5.41) is 3.29. The van der Waals surface area contributed by atoms with Crippen LogP contribution >= 0.6 is 11.3 Å². The first-order chi connectivity index (χ1) is 24.9. The van der Waals surface area contributed by atoms with E-state index < -0.39 is 47.4 Å². The molecule has 3 aromatic rings. The third-order valence-corrected chi connectivity index (χ3v) is 9.34. The molecule has 1 aromatic heterocycles. The lowest BCUT2D eigenvalue weighted by Gasteiger charge is -2.36. The van der Waals surface area contributed by atoms with Crippen LogP contribution in [0.25, 0.3) is 0 Å². The molecule has 2 aliphatic heterocycles. The molecule has 2 aromatic carbocycles. The molecule has 13 heteroatoms. The number of hydrogen-bond donors (Lipinski definition) is 1. The Morgan fingerprint density at radius 3 is 2.17 bits per heavy atom. The molecule has 0 bridgehead atoms. The van der Waals surface area contributed by atoms with Gasteiger partial charge in [-0.25, -0.2) is 23.6 Å². The molecular formula is C39H43FN2O9S. The van der Waals surface area contributed by atoms with E-state index in [4.69, 9.17) is 23.7 Å². The maximum absolute atomic E-state index is 14.1. The highest BCUT2D eigenvalue weighted by atomic mass is 32.1. The fourth-order valence-corrected chi connectivity index (χ4v) is 7.05. The molecule has 11 nitrogen and oxygen atoms in total. The van der Waals surface area contributed by atoms with Crippen molar-refractivity contribution in [1.29, 1.82) is 0 Å². The average molecular weight is 735 g/mol. The van der Waals surface area contributed by atoms with Gasteiger partial charge in [0.25, 0.3) is 0 Å². The quantitative estimate of drug-likeness (QED) is 0.153. The van der Waals surface area contributed by atoms with Crippen LogP contribution in [0.5, 0.6) is 5.75 Å². The predicted molar refractivity (Wildman–Crippen MR) is 191 cm³/mol. The summed E-state index contributed by atoms with van der Waals surface area (Å²) in [7, 11) is 0. The van der Waals surface area contributed by atoms with Gasteiger partial charge in [-0.05, 0) is 89.4 Å². The van der Waals surface area contributed by atoms with Crippen LogP contribution in [0.15, 0.2) is 89.3 Å². The van der Waals surface area contributed by atoms with E-state index in [1.807, 2.05) is 30.3 Å². The maximum atomic E-state index is 14.1. The number of amides is 1. The summed E-state index contributed by atoms with van der Waals surface area (Å²) in [6, 6.07) is 17.2. The number of likely N-dealkylation sites (tertiary alicyclic amines) is 1. The lowest BCUT2D eigenvalue weighted by atomic mass is 9.82. The SMILES string of the molecule is CCOC(=O)C1=C(COc2ccc(F)cc2)NC(C2CCCN2C(=O)OC(C)(C)C)=C(C(=O)OCC)C1c1ccc(C(=O)OCc2ccccc2)s1. The predicted octanol–water partition coefficient (Wildman–Crippen LogP) is 7.04. The van der Waals surface area contributed by atoms with Gasteiger partial charge in [-0.15, -0.1) is 11.3 Å². The molecular weight excluding hydrogens is 691 g/mol. The van der Waals surface area contributed by atoms with Crippen LogP contribution in [0.3, 0.4) is 0 Å². The highest BCUT2D eigenvalue weighted by molar-refractivity contribution is 7.14. The first kappa shape index (κ1) is 38.1. The first-order valence-electron chi connectivity index (χ1n) is 17.2. The van der Waals surface area contributed by atoms with Crippen LogP contribution in [0, 0.1) is 5.82 Å². The molecule has 3 heterocycles. The summed E-state index contributed by atoms with van der Waals surface area (Å²) in [5.74, 6) is -3.23. The molecule has 0 aliphatic carbocycles. The van der Waals surface area contributed by atoms with Gasteiger partial charge in [0.05, 0.1) is 42.0 Å². The van der Waals surface area contributed by atoms with Crippen LogP contribution in [0.4, 0.5) is 9.18 Å². The van der Waals surface area contributed by atoms with Crippen molar-refractivity contribution < 1.29 is 47.3 Å². The molecule has 1 N–H and O–H groups in total. The van der Waals surface area contributed by atoms with E-state index in [0.717, 1.165) is 16.9 Å². The normalized spacial score (nSPS) is 17.4. The van der Waals surface area contributed by atoms with E-state index in [9.17, 15) is 23.6 Å². The van der Waals surface area contributed by atoms with Gasteiger partial charge in [0, 0.05) is 17.1 Å². The van der Waals surface area contributed by atoms with Crippen molar-refractivity contribution in [2.45, 2.75) is 71.6 Å². The zero-order chi connectivity index (χ0) is 37.4. The highest BCUT2D eigenvalue weighted by Crippen LogP contribution is 2.44. The molecule has 0 radical (unpaired) electrons. The monoisotopic (exact) mass is 734 g/mol. The van der Waals surface area contributed by atoms with Crippen molar-refractivity contribution >= 4 is 35.3 Å². The van der Waals surface area contributed by atoms with Gasteiger partial charge in [-0.2, -0.15) is 0 Å². The smallest absolute Gasteiger partial charge is 0.410 e. The lowest BCUT2D eigenvalue weighted by Crippen LogP contribution is -2.46. The molecule has 276 valence electrons. The Morgan fingerprint density at radius 1 is 0.846 bits per heavy atom. The molecule has 2 unspecified atom stereocenters. The molecule has 0 saturated carbocycles. The topological polar surface area (TPSA) is 130 Å². The molecule has 2 atom stereocenters. The van der Waals surface area contributed by atoms with Crippen LogP contribution in [-0.2, 0) is 35.1 Å². The summed E-state index contributed by atoms with van der Waals surface area (Å²) < 4.78 is 42.2. The van der Waals surface area contributed by atoms with Crippen molar-refractivity contribution in [3.63, 3.8) is 0 Å². The number of carbonyl (C=O) groups excluding carboxylic acids is 4. The van der Waals surface area contributed by atoms with Crippen molar-refractivity contribution in [3.05, 3.63) is 110 Å². The fourth-order valence-electron chi connectivity index (χ4n) is 6.02. The Kier molecular flexibility index (Phi) is 12.4. The van der Waals surface area contributed by atoms with Crippen LogP contribution in [0.2, 0.25) is 0 Å². The van der Waals surface area contributed by atoms with Gasteiger partial charge in [0.2, 0.25) is 0 Å². The zero-order valence-corrected chi connectivity index (χ0v) is 30.7. The van der Waals surface area contributed by atoms with Crippen LogP contribution in [0.1, 0.15) is 73.5 Å². The Hall–Kier alpha value is -5.17. The number of esters is 3. The van der Waals surface area contributed by atoms with Crippen molar-refractivity contribution in [2.75, 3.05) is 26.4 Å². The van der Waals surface area contributed by atoms with E-state index in [2.05, 4.69) is 5.32 Å². The second-order valence-corrected chi connectivity index (χ2v) is 14.2. The van der Waals surface area contributed by atoms with Gasteiger partial charge in [0.1, 0.15) is 35.3 Å². The zero-order valence-electron chi connectivity index (χ0n) is 29.9. The Balaban J connectivity index is 1.64. The number of benzene rings is 2. The summed E-state index contributed by atoms with van der Waals surface area (Å²) >= 11 is 1.06. The minimum absolute atomic E-state index is 0.0308.